The fourth-order valence-electron chi connectivity index (χ4n) is 4.15. The van der Waals surface area contributed by atoms with Crippen LogP contribution in [0.15, 0.2) is 0 Å². The summed E-state index contributed by atoms with van der Waals surface area (Å²) in [6.07, 6.45) is 22.3. The van der Waals surface area contributed by atoms with E-state index in [0.717, 1.165) is 13.0 Å². The Labute approximate surface area is 205 Å². The van der Waals surface area contributed by atoms with Crippen molar-refractivity contribution < 1.29 is 28.7 Å². The molecule has 0 aromatic heterocycles. The fourth-order valence-corrected chi connectivity index (χ4v) is 4.77. The van der Waals surface area contributed by atoms with E-state index in [0.29, 0.717) is 13.2 Å². The van der Waals surface area contributed by atoms with E-state index in [1.807, 2.05) is 0 Å². The van der Waals surface area contributed by atoms with Crippen molar-refractivity contribution in [1.82, 2.24) is 0 Å². The minimum Gasteiger partial charge on any atom is -0.388 e. The fraction of sp³-hybridized carbons (Fsp3) is 1.00. The highest BCUT2D eigenvalue weighted by atomic mass is 31.2. The highest BCUT2D eigenvalue weighted by molar-refractivity contribution is 7.40. The van der Waals surface area contributed by atoms with Crippen LogP contribution in [-0.4, -0.2) is 62.2 Å². The average Bonchev–Trinajstić information content (AvgIpc) is 2.78. The Hall–Kier alpha value is 0.190. The first-order valence-electron chi connectivity index (χ1n) is 14.1. The van der Waals surface area contributed by atoms with Gasteiger partial charge >= 0.3 is 8.60 Å². The third kappa shape index (κ3) is 21.2. The number of hydrogen-bond acceptors (Lipinski definition) is 5. The predicted octanol–water partition coefficient (Wildman–Crippen LogP) is 5.17. The number of unbranched alkanes of at least 4 members (excludes halogenated alkanes) is 15. The summed E-state index contributed by atoms with van der Waals surface area (Å²) in [4.78, 5) is 11.2. The third-order valence-electron chi connectivity index (χ3n) is 6.55. The zero-order chi connectivity index (χ0) is 23.8. The molecule has 0 spiro atoms. The largest absolute Gasteiger partial charge is 0.388 e. The summed E-state index contributed by atoms with van der Waals surface area (Å²) in [5, 5.41) is 9.88. The molecule has 7 heteroatoms. The van der Waals surface area contributed by atoms with Crippen molar-refractivity contribution >= 4 is 8.60 Å². The van der Waals surface area contributed by atoms with Crippen LogP contribution in [0.4, 0.5) is 0 Å². The van der Waals surface area contributed by atoms with Crippen molar-refractivity contribution in [2.24, 2.45) is 0 Å². The van der Waals surface area contributed by atoms with Crippen LogP contribution in [0.3, 0.4) is 0 Å². The molecule has 0 saturated carbocycles. The Kier molecular flexibility index (Phi) is 22.6. The van der Waals surface area contributed by atoms with Gasteiger partial charge in [0, 0.05) is 13.0 Å². The van der Waals surface area contributed by atoms with E-state index in [9.17, 15) is 10.00 Å². The van der Waals surface area contributed by atoms with Crippen LogP contribution in [0.25, 0.3) is 0 Å². The summed E-state index contributed by atoms with van der Waals surface area (Å²) >= 11 is 0. The second-order valence-electron chi connectivity index (χ2n) is 9.75. The van der Waals surface area contributed by atoms with Gasteiger partial charge in [-0.25, -0.2) is 0 Å². The van der Waals surface area contributed by atoms with Crippen LogP contribution in [0.5, 0.6) is 0 Å². The van der Waals surface area contributed by atoms with Crippen molar-refractivity contribution in [2.75, 3.05) is 46.1 Å². The number of aliphatic hydroxyl groups excluding tert-OH is 1. The van der Waals surface area contributed by atoms with Crippen molar-refractivity contribution in [2.45, 2.75) is 122 Å². The van der Waals surface area contributed by atoms with Gasteiger partial charge in [-0.1, -0.05) is 103 Å². The molecule has 0 amide bonds. The van der Waals surface area contributed by atoms with Gasteiger partial charge in [-0.05, 0) is 6.42 Å². The van der Waals surface area contributed by atoms with Crippen LogP contribution in [-0.2, 0) is 13.8 Å². The van der Waals surface area contributed by atoms with Gasteiger partial charge in [-0.2, -0.15) is 0 Å². The summed E-state index contributed by atoms with van der Waals surface area (Å²) in [7, 11) is -1.89. The SMILES string of the molecule is CCCCCCCCCCCCCCCCCCOCC(O)COP(O)OCC[NH+]1CCC1. The molecule has 0 aromatic rings. The number of nitrogens with one attached hydrogen (secondary N) is 1. The van der Waals surface area contributed by atoms with Gasteiger partial charge in [-0.15, -0.1) is 0 Å². The van der Waals surface area contributed by atoms with Crippen LogP contribution in [0.2, 0.25) is 0 Å². The molecule has 0 aromatic carbocycles. The highest BCUT2D eigenvalue weighted by Gasteiger charge is 2.18. The van der Waals surface area contributed by atoms with Gasteiger partial charge in [0.15, 0.2) is 0 Å². The first-order chi connectivity index (χ1) is 16.2. The predicted molar refractivity (Wildman–Crippen MR) is 138 cm³/mol. The van der Waals surface area contributed by atoms with E-state index >= 15 is 0 Å². The summed E-state index contributed by atoms with van der Waals surface area (Å²) in [5.41, 5.74) is 0. The van der Waals surface area contributed by atoms with E-state index in [1.165, 1.54) is 121 Å². The number of rotatable bonds is 26. The van der Waals surface area contributed by atoms with E-state index in [-0.39, 0.29) is 13.2 Å². The molecule has 0 aliphatic carbocycles. The van der Waals surface area contributed by atoms with Gasteiger partial charge in [0.2, 0.25) is 0 Å². The molecule has 3 N–H and O–H groups in total. The van der Waals surface area contributed by atoms with Gasteiger partial charge in [0.1, 0.15) is 19.3 Å². The Morgan fingerprint density at radius 3 is 1.70 bits per heavy atom. The Morgan fingerprint density at radius 2 is 1.21 bits per heavy atom. The third-order valence-corrected chi connectivity index (χ3v) is 7.32. The number of ether oxygens (including phenoxy) is 1. The summed E-state index contributed by atoms with van der Waals surface area (Å²) in [6.45, 7) is 7.07. The molecule has 1 fully saturated rings. The standard InChI is InChI=1S/C26H54NO5P/c1-2-3-4-5-6-7-8-9-10-11-12-13-14-15-16-17-22-30-24-26(28)25-32-33(29)31-23-21-27-19-18-20-27/h26,28-29H,2-25H2,1H3/p+1. The summed E-state index contributed by atoms with van der Waals surface area (Å²) in [5.74, 6) is 0. The minimum atomic E-state index is -1.89. The molecule has 198 valence electrons. The van der Waals surface area contributed by atoms with E-state index in [1.54, 1.807) is 0 Å². The smallest absolute Gasteiger partial charge is 0.330 e. The number of aliphatic hydroxyl groups is 1. The van der Waals surface area contributed by atoms with Crippen LogP contribution in [0.1, 0.15) is 116 Å². The van der Waals surface area contributed by atoms with Crippen molar-refractivity contribution in [3.8, 4) is 0 Å². The molecule has 1 aliphatic rings. The van der Waals surface area contributed by atoms with E-state index < -0.39 is 14.7 Å². The normalized spacial score (nSPS) is 16.1. The molecule has 0 radical (unpaired) electrons. The van der Waals surface area contributed by atoms with Crippen molar-refractivity contribution in [3.05, 3.63) is 0 Å². The van der Waals surface area contributed by atoms with Crippen molar-refractivity contribution in [1.29, 1.82) is 0 Å². The quantitative estimate of drug-likeness (QED) is 0.115. The zero-order valence-electron chi connectivity index (χ0n) is 21.6. The van der Waals surface area contributed by atoms with Gasteiger partial charge in [0.05, 0.1) is 26.3 Å². The second-order valence-corrected chi connectivity index (χ2v) is 10.7. The van der Waals surface area contributed by atoms with E-state index in [2.05, 4.69) is 6.92 Å². The molecule has 1 rings (SSSR count). The molecule has 0 bridgehead atoms. The average molecular weight is 493 g/mol. The number of quaternary nitrogens is 1. The molecule has 1 aliphatic heterocycles. The van der Waals surface area contributed by atoms with Crippen LogP contribution in [0, 0.1) is 0 Å². The summed E-state index contributed by atoms with van der Waals surface area (Å²) in [6, 6.07) is 0. The second kappa shape index (κ2) is 23.9. The minimum absolute atomic E-state index is 0.0533. The monoisotopic (exact) mass is 492 g/mol. The molecule has 1 heterocycles. The first kappa shape index (κ1) is 31.2. The highest BCUT2D eigenvalue weighted by Crippen LogP contribution is 2.32. The lowest BCUT2D eigenvalue weighted by atomic mass is 10.0. The maximum atomic E-state index is 9.88. The molecular formula is C26H55NO5P+. The first-order valence-corrected chi connectivity index (χ1v) is 15.2. The molecular weight excluding hydrogens is 437 g/mol. The van der Waals surface area contributed by atoms with Crippen LogP contribution >= 0.6 is 8.60 Å². The Bertz CT molecular complexity index is 401. The number of hydrogen-bond donors (Lipinski definition) is 3. The topological polar surface area (TPSA) is 72.6 Å². The van der Waals surface area contributed by atoms with Crippen molar-refractivity contribution in [3.63, 3.8) is 0 Å². The maximum Gasteiger partial charge on any atom is 0.330 e. The maximum absolute atomic E-state index is 9.88. The molecule has 1 saturated heterocycles. The lowest BCUT2D eigenvalue weighted by Gasteiger charge is -2.26. The molecule has 6 nitrogen and oxygen atoms in total. The van der Waals surface area contributed by atoms with Gasteiger partial charge < -0.3 is 28.7 Å². The van der Waals surface area contributed by atoms with Crippen LogP contribution < -0.4 is 4.90 Å². The molecule has 2 unspecified atom stereocenters. The number of likely N-dealkylation sites (tertiary alicyclic amines) is 1. The van der Waals surface area contributed by atoms with Gasteiger partial charge in [-0.3, -0.25) is 0 Å². The lowest BCUT2D eigenvalue weighted by molar-refractivity contribution is -0.938. The lowest BCUT2D eigenvalue weighted by Crippen LogP contribution is -3.18. The molecule has 2 atom stereocenters. The van der Waals surface area contributed by atoms with Gasteiger partial charge in [0.25, 0.3) is 0 Å². The molecule has 33 heavy (non-hydrogen) atoms. The Balaban J connectivity index is 1.71. The Morgan fingerprint density at radius 1 is 0.697 bits per heavy atom. The zero-order valence-corrected chi connectivity index (χ0v) is 22.5. The summed E-state index contributed by atoms with van der Waals surface area (Å²) < 4.78 is 16.0. The van der Waals surface area contributed by atoms with E-state index in [4.69, 9.17) is 13.8 Å².